The lowest BCUT2D eigenvalue weighted by molar-refractivity contribution is 0.0133. The van der Waals surface area contributed by atoms with Crippen LogP contribution >= 0.6 is 11.8 Å². The van der Waals surface area contributed by atoms with Gasteiger partial charge in [-0.1, -0.05) is 38.8 Å². The molecule has 54 heavy (non-hydrogen) atoms. The van der Waals surface area contributed by atoms with Crippen LogP contribution < -0.4 is 0 Å². The predicted octanol–water partition coefficient (Wildman–Crippen LogP) is 5.11. The molecule has 1 fully saturated rings. The van der Waals surface area contributed by atoms with Gasteiger partial charge in [0.1, 0.15) is 16.8 Å². The number of hydrogen-bond donors (Lipinski definition) is 4. The zero-order chi connectivity index (χ0) is 39.8. The highest BCUT2D eigenvalue weighted by molar-refractivity contribution is 8.05. The molecule has 2 heterocycles. The fraction of sp³-hybridized carbons (Fsp3) is 0.667. The Morgan fingerprint density at radius 2 is 1.50 bits per heavy atom. The van der Waals surface area contributed by atoms with E-state index in [-0.39, 0.29) is 35.4 Å². The van der Waals surface area contributed by atoms with E-state index in [4.69, 9.17) is 24.6 Å². The lowest BCUT2D eigenvalue weighted by Crippen LogP contribution is -2.35. The summed E-state index contributed by atoms with van der Waals surface area (Å²) in [5.74, 6) is -1.64. The number of pyridine rings is 2. The lowest BCUT2D eigenvalue weighted by Gasteiger charge is -2.31. The van der Waals surface area contributed by atoms with Crippen molar-refractivity contribution in [2.24, 2.45) is 5.92 Å². The number of aromatic carboxylic acids is 2. The molecule has 0 aromatic carbocycles. The number of carboxylic acid groups (broad SMARTS) is 2. The van der Waals surface area contributed by atoms with E-state index in [0.29, 0.717) is 89.2 Å². The highest BCUT2D eigenvalue weighted by Gasteiger charge is 2.23. The van der Waals surface area contributed by atoms with Crippen LogP contribution in [0.1, 0.15) is 105 Å². The topological polar surface area (TPSA) is 199 Å². The van der Waals surface area contributed by atoms with Crippen molar-refractivity contribution in [3.8, 4) is 5.40 Å². The molecule has 0 radical (unpaired) electrons. The fourth-order valence-electron chi connectivity index (χ4n) is 5.76. The Morgan fingerprint density at radius 3 is 2.07 bits per heavy atom. The summed E-state index contributed by atoms with van der Waals surface area (Å²) < 4.78 is 17.5. The maximum Gasteiger partial charge on any atom is 0.354 e. The predicted molar refractivity (Wildman–Crippen MR) is 207 cm³/mol. The third-order valence-electron chi connectivity index (χ3n) is 8.80. The van der Waals surface area contributed by atoms with Crippen LogP contribution in [0.5, 0.6) is 0 Å². The smallest absolute Gasteiger partial charge is 0.354 e. The molecule has 1 atom stereocenters. The average Bonchev–Trinajstić information content (AvgIpc) is 3.66. The van der Waals surface area contributed by atoms with Gasteiger partial charge in [-0.15, -0.1) is 0 Å². The lowest BCUT2D eigenvalue weighted by atomic mass is 9.99. The molecule has 0 spiro atoms. The summed E-state index contributed by atoms with van der Waals surface area (Å²) in [6, 6.07) is 9.95. The number of carbonyl (C=O) groups is 2. The molecule has 14 nitrogen and oxygen atoms in total. The molecule has 2 aromatic rings. The molecule has 0 amide bonds. The summed E-state index contributed by atoms with van der Waals surface area (Å²) in [6.45, 7) is 13.1. The van der Waals surface area contributed by atoms with Gasteiger partial charge in [-0.2, -0.15) is 5.26 Å². The van der Waals surface area contributed by atoms with Crippen molar-refractivity contribution < 1.29 is 44.2 Å². The largest absolute Gasteiger partial charge is 0.477 e. The zero-order valence-electron chi connectivity index (χ0n) is 32.4. The first-order chi connectivity index (χ1) is 25.9. The molecule has 0 bridgehead atoms. The zero-order valence-corrected chi connectivity index (χ0v) is 33.2. The van der Waals surface area contributed by atoms with E-state index in [9.17, 15) is 24.9 Å². The Labute approximate surface area is 324 Å². The van der Waals surface area contributed by atoms with Gasteiger partial charge in [-0.05, 0) is 81.5 Å². The minimum atomic E-state index is -1.06. The fourth-order valence-corrected chi connectivity index (χ4v) is 6.07. The molecule has 302 valence electrons. The normalized spacial score (nSPS) is 13.9. The Morgan fingerprint density at radius 1 is 0.889 bits per heavy atom. The Balaban J connectivity index is 0.00000113. The second kappa shape index (κ2) is 26.6. The van der Waals surface area contributed by atoms with Gasteiger partial charge in [-0.25, -0.2) is 19.6 Å². The number of rotatable bonds is 26. The van der Waals surface area contributed by atoms with Crippen LogP contribution in [0.3, 0.4) is 0 Å². The Hall–Kier alpha value is -3.20. The number of aromatic nitrogens is 2. The van der Waals surface area contributed by atoms with Gasteiger partial charge in [0, 0.05) is 37.5 Å². The third-order valence-corrected chi connectivity index (χ3v) is 9.57. The molecule has 3 rings (SSSR count). The van der Waals surface area contributed by atoms with E-state index >= 15 is 0 Å². The van der Waals surface area contributed by atoms with Crippen LogP contribution in [-0.2, 0) is 20.8 Å². The number of thiocyanates is 1. The van der Waals surface area contributed by atoms with E-state index in [1.54, 1.807) is 12.1 Å². The number of aliphatic hydroxyl groups is 2. The Kier molecular flexibility index (Phi) is 23.1. The van der Waals surface area contributed by atoms with Gasteiger partial charge in [-0.3, -0.25) is 9.80 Å². The molecule has 1 aliphatic rings. The molecule has 0 saturated heterocycles. The van der Waals surface area contributed by atoms with E-state index < -0.39 is 11.9 Å². The molecule has 2 aromatic heterocycles. The van der Waals surface area contributed by atoms with Crippen LogP contribution in [0.15, 0.2) is 36.4 Å². The first-order valence-corrected chi connectivity index (χ1v) is 19.6. The molecular formula is C39H61N5O9S. The number of aliphatic hydroxyl groups excluding tert-OH is 2. The van der Waals surface area contributed by atoms with Crippen LogP contribution in [0.2, 0.25) is 0 Å². The maximum absolute atomic E-state index is 11.5. The summed E-state index contributed by atoms with van der Waals surface area (Å²) >= 11 is 1.09. The van der Waals surface area contributed by atoms with E-state index in [1.807, 2.05) is 31.4 Å². The quantitative estimate of drug-likeness (QED) is 0.0726. The molecule has 1 unspecified atom stereocenters. The summed E-state index contributed by atoms with van der Waals surface area (Å²) in [5.41, 5.74) is 1.41. The highest BCUT2D eigenvalue weighted by atomic mass is 32.2. The minimum Gasteiger partial charge on any atom is -0.477 e. The number of carboxylic acids is 2. The summed E-state index contributed by atoms with van der Waals surface area (Å²) in [4.78, 5) is 35.8. The van der Waals surface area contributed by atoms with Gasteiger partial charge in [0.15, 0.2) is 0 Å². The van der Waals surface area contributed by atoms with Crippen LogP contribution in [0.4, 0.5) is 0 Å². The second-order valence-electron chi connectivity index (χ2n) is 14.2. The Bertz CT molecular complexity index is 1400. The van der Waals surface area contributed by atoms with E-state index in [2.05, 4.69) is 33.6 Å². The number of thioether (sulfide) groups is 1. The van der Waals surface area contributed by atoms with E-state index in [0.717, 1.165) is 37.4 Å². The van der Waals surface area contributed by atoms with Crippen molar-refractivity contribution >= 4 is 23.7 Å². The van der Waals surface area contributed by atoms with Gasteiger partial charge in [0.05, 0.1) is 69.8 Å². The van der Waals surface area contributed by atoms with Crippen molar-refractivity contribution in [3.05, 3.63) is 59.2 Å². The summed E-state index contributed by atoms with van der Waals surface area (Å²) in [5, 5.41) is 47.1. The summed E-state index contributed by atoms with van der Waals surface area (Å²) in [7, 11) is 0. The highest BCUT2D eigenvalue weighted by Crippen LogP contribution is 2.27. The molecule has 1 saturated carbocycles. The van der Waals surface area contributed by atoms with Crippen molar-refractivity contribution in [1.29, 1.82) is 5.26 Å². The molecular weight excluding hydrogens is 715 g/mol. The van der Waals surface area contributed by atoms with Crippen LogP contribution in [0.25, 0.3) is 0 Å². The van der Waals surface area contributed by atoms with Crippen molar-refractivity contribution in [3.63, 3.8) is 0 Å². The van der Waals surface area contributed by atoms with Gasteiger partial charge in [0.25, 0.3) is 0 Å². The van der Waals surface area contributed by atoms with Crippen molar-refractivity contribution in [2.75, 3.05) is 72.4 Å². The first kappa shape index (κ1) is 47.0. The third kappa shape index (κ3) is 19.4. The first-order valence-electron chi connectivity index (χ1n) is 18.8. The number of hydrogen-bond acceptors (Lipinski definition) is 13. The van der Waals surface area contributed by atoms with E-state index in [1.165, 1.54) is 25.0 Å². The average molecular weight is 776 g/mol. The van der Waals surface area contributed by atoms with Gasteiger partial charge in [0.2, 0.25) is 0 Å². The minimum absolute atomic E-state index is 0.00865. The van der Waals surface area contributed by atoms with Crippen molar-refractivity contribution in [2.45, 2.75) is 89.7 Å². The van der Waals surface area contributed by atoms with Crippen LogP contribution in [0, 0.1) is 16.6 Å². The van der Waals surface area contributed by atoms with Gasteiger partial charge >= 0.3 is 11.9 Å². The number of nitrogens with zero attached hydrogens (tertiary/aromatic N) is 5. The van der Waals surface area contributed by atoms with Gasteiger partial charge < -0.3 is 34.6 Å². The molecule has 1 aliphatic carbocycles. The van der Waals surface area contributed by atoms with Crippen LogP contribution in [-0.4, -0.2) is 135 Å². The monoisotopic (exact) mass is 775 g/mol. The summed E-state index contributed by atoms with van der Waals surface area (Å²) in [6.07, 6.45) is 6.69. The van der Waals surface area contributed by atoms with Crippen molar-refractivity contribution in [1.82, 2.24) is 19.8 Å². The maximum atomic E-state index is 11.5. The number of ether oxygens (including phenoxy) is 3. The number of nitriles is 1. The molecule has 15 heteroatoms. The second-order valence-corrected chi connectivity index (χ2v) is 15.7. The molecule has 4 N–H and O–H groups in total. The molecule has 0 aliphatic heterocycles. The SMILES string of the molecule is CC(C)(CO)SC#N.CC(C)CCC(c1cccc(C(=O)O)n1)N(CCO)CCOCCOCCN(CCOC1CCCC1)Cc1cccc(C(=O)O)n1. The standard InChI is InChI=1S/C34H52N4O8.C5H9NOS/c1-26(2)13-14-32(29-10-6-12-31(36-29)34(42)43)38(15-19-39)18-21-45-24-23-44-20-16-37(17-22-46-28-8-3-4-9-28)25-27-7-5-11-30(35-27)33(40)41;1-5(2,3-7)8-4-6/h5-7,10-12,26,28,32,39H,3-4,8-9,13-25H2,1-2H3,(H,40,41)(H,42,43);7H,3H2,1-2H3.